The van der Waals surface area contributed by atoms with Gasteiger partial charge in [0.1, 0.15) is 6.26 Å². The van der Waals surface area contributed by atoms with Crippen molar-refractivity contribution in [3.05, 3.63) is 48.4 Å². The van der Waals surface area contributed by atoms with Crippen LogP contribution in [0.2, 0.25) is 0 Å². The highest BCUT2D eigenvalue weighted by Gasteiger charge is 2.08. The number of carbonyl (C=O) groups is 1. The summed E-state index contributed by atoms with van der Waals surface area (Å²) in [5.41, 5.74) is 1.26. The number of hydrogen-bond acceptors (Lipinski definition) is 4. The molecule has 0 aliphatic heterocycles. The van der Waals surface area contributed by atoms with Crippen LogP contribution < -0.4 is 10.0 Å². The summed E-state index contributed by atoms with van der Waals surface area (Å²) in [6.45, 7) is 0. The fourth-order valence-electron chi connectivity index (χ4n) is 1.47. The number of hydrogen-bond donors (Lipinski definition) is 2. The van der Waals surface area contributed by atoms with Crippen LogP contribution in [-0.2, 0) is 10.0 Å². The first-order valence-corrected chi connectivity index (χ1v) is 7.24. The molecule has 2 N–H and O–H groups in total. The van der Waals surface area contributed by atoms with Crippen LogP contribution in [0.15, 0.2) is 47.3 Å². The number of benzene rings is 1. The Morgan fingerprint density at radius 3 is 2.58 bits per heavy atom. The Morgan fingerprint density at radius 2 is 1.95 bits per heavy atom. The molecule has 19 heavy (non-hydrogen) atoms. The number of amides is 1. The first-order valence-electron chi connectivity index (χ1n) is 5.35. The van der Waals surface area contributed by atoms with Gasteiger partial charge in [0.15, 0.2) is 0 Å². The maximum atomic E-state index is 11.8. The molecule has 7 heteroatoms. The van der Waals surface area contributed by atoms with Crippen molar-refractivity contribution in [2.24, 2.45) is 0 Å². The molecule has 0 fully saturated rings. The number of anilines is 2. The lowest BCUT2D eigenvalue weighted by Gasteiger charge is -2.07. The summed E-state index contributed by atoms with van der Waals surface area (Å²) in [5.74, 6) is -0.328. The number of sulfonamides is 1. The van der Waals surface area contributed by atoms with E-state index in [1.807, 2.05) is 0 Å². The first-order chi connectivity index (χ1) is 8.94. The topological polar surface area (TPSA) is 88.4 Å². The molecule has 1 heterocycles. The number of furan rings is 1. The van der Waals surface area contributed by atoms with Gasteiger partial charge >= 0.3 is 0 Å². The van der Waals surface area contributed by atoms with Crippen LogP contribution in [0.3, 0.4) is 0 Å². The van der Waals surface area contributed by atoms with E-state index >= 15 is 0 Å². The SMILES string of the molecule is CS(=O)(=O)Nc1cccc(NC(=O)c2ccoc2)c1. The molecular formula is C12H12N2O4S. The van der Waals surface area contributed by atoms with E-state index < -0.39 is 10.0 Å². The van der Waals surface area contributed by atoms with Crippen LogP contribution in [0.5, 0.6) is 0 Å². The highest BCUT2D eigenvalue weighted by atomic mass is 32.2. The van der Waals surface area contributed by atoms with Crippen LogP contribution in [0.4, 0.5) is 11.4 Å². The monoisotopic (exact) mass is 280 g/mol. The average Bonchev–Trinajstić information content (AvgIpc) is 2.80. The van der Waals surface area contributed by atoms with Gasteiger partial charge in [-0.2, -0.15) is 0 Å². The third-order valence-corrected chi connectivity index (χ3v) is 2.81. The summed E-state index contributed by atoms with van der Waals surface area (Å²) in [6, 6.07) is 7.95. The minimum Gasteiger partial charge on any atom is -0.472 e. The summed E-state index contributed by atoms with van der Waals surface area (Å²) >= 11 is 0. The number of carbonyl (C=O) groups excluding carboxylic acids is 1. The van der Waals surface area contributed by atoms with Crippen LogP contribution in [0, 0.1) is 0 Å². The molecule has 0 saturated heterocycles. The van der Waals surface area contributed by atoms with Gasteiger partial charge in [-0.3, -0.25) is 9.52 Å². The molecule has 0 aliphatic rings. The van der Waals surface area contributed by atoms with Crippen LogP contribution in [0.25, 0.3) is 0 Å². The maximum Gasteiger partial charge on any atom is 0.258 e. The third kappa shape index (κ3) is 3.85. The zero-order valence-electron chi connectivity index (χ0n) is 10.1. The van der Waals surface area contributed by atoms with Gasteiger partial charge in [0.05, 0.1) is 23.8 Å². The average molecular weight is 280 g/mol. The van der Waals surface area contributed by atoms with Crippen molar-refractivity contribution in [3.8, 4) is 0 Å². The molecule has 0 atom stereocenters. The van der Waals surface area contributed by atoms with E-state index in [2.05, 4.69) is 10.0 Å². The lowest BCUT2D eigenvalue weighted by molar-refractivity contribution is 0.102. The molecule has 0 saturated carbocycles. The van der Waals surface area contributed by atoms with E-state index in [1.54, 1.807) is 18.2 Å². The van der Waals surface area contributed by atoms with E-state index in [1.165, 1.54) is 24.7 Å². The fourth-order valence-corrected chi connectivity index (χ4v) is 2.03. The maximum absolute atomic E-state index is 11.8. The Hall–Kier alpha value is -2.28. The summed E-state index contributed by atoms with van der Waals surface area (Å²) in [5, 5.41) is 2.64. The molecule has 1 amide bonds. The smallest absolute Gasteiger partial charge is 0.258 e. The third-order valence-electron chi connectivity index (χ3n) is 2.21. The van der Waals surface area contributed by atoms with Gasteiger partial charge in [-0.25, -0.2) is 8.42 Å². The largest absolute Gasteiger partial charge is 0.472 e. The molecule has 0 spiro atoms. The number of nitrogens with one attached hydrogen (secondary N) is 2. The van der Waals surface area contributed by atoms with Crippen molar-refractivity contribution in [2.45, 2.75) is 0 Å². The van der Waals surface area contributed by atoms with Gasteiger partial charge in [-0.15, -0.1) is 0 Å². The second-order valence-electron chi connectivity index (χ2n) is 3.92. The van der Waals surface area contributed by atoms with Gasteiger partial charge < -0.3 is 9.73 Å². The number of rotatable bonds is 4. The highest BCUT2D eigenvalue weighted by molar-refractivity contribution is 7.92. The van der Waals surface area contributed by atoms with Crippen LogP contribution in [-0.4, -0.2) is 20.6 Å². The Morgan fingerprint density at radius 1 is 1.21 bits per heavy atom. The van der Waals surface area contributed by atoms with E-state index in [0.717, 1.165) is 6.26 Å². The Bertz CT molecular complexity index is 678. The minimum atomic E-state index is -3.34. The summed E-state index contributed by atoms with van der Waals surface area (Å²) < 4.78 is 29.4. The highest BCUT2D eigenvalue weighted by Crippen LogP contribution is 2.17. The minimum absolute atomic E-state index is 0.328. The van der Waals surface area contributed by atoms with Crippen molar-refractivity contribution < 1.29 is 17.6 Å². The molecule has 2 aromatic rings. The summed E-state index contributed by atoms with van der Waals surface area (Å²) in [7, 11) is -3.34. The molecule has 1 aromatic carbocycles. The summed E-state index contributed by atoms with van der Waals surface area (Å²) in [4.78, 5) is 11.8. The molecule has 0 bridgehead atoms. The van der Waals surface area contributed by atoms with Crippen molar-refractivity contribution in [1.29, 1.82) is 0 Å². The molecule has 6 nitrogen and oxygen atoms in total. The normalized spacial score (nSPS) is 11.0. The predicted octanol–water partition coefficient (Wildman–Crippen LogP) is 1.90. The van der Waals surface area contributed by atoms with Crippen LogP contribution in [0.1, 0.15) is 10.4 Å². The van der Waals surface area contributed by atoms with Gasteiger partial charge in [0.2, 0.25) is 10.0 Å². The second-order valence-corrected chi connectivity index (χ2v) is 5.67. The van der Waals surface area contributed by atoms with Crippen molar-refractivity contribution in [3.63, 3.8) is 0 Å². The van der Waals surface area contributed by atoms with E-state index in [4.69, 9.17) is 4.42 Å². The lowest BCUT2D eigenvalue weighted by atomic mass is 10.2. The molecule has 2 rings (SSSR count). The molecule has 0 radical (unpaired) electrons. The molecule has 1 aromatic heterocycles. The molecular weight excluding hydrogens is 268 g/mol. The predicted molar refractivity (Wildman–Crippen MR) is 71.6 cm³/mol. The quantitative estimate of drug-likeness (QED) is 0.895. The Kier molecular flexibility index (Phi) is 3.57. The van der Waals surface area contributed by atoms with Crippen LogP contribution >= 0.6 is 0 Å². The van der Waals surface area contributed by atoms with Gasteiger partial charge in [-0.05, 0) is 24.3 Å². The molecule has 0 aliphatic carbocycles. The van der Waals surface area contributed by atoms with Gasteiger partial charge in [0, 0.05) is 5.69 Å². The van der Waals surface area contributed by atoms with Crippen molar-refractivity contribution >= 4 is 27.3 Å². The Labute approximate surface area is 110 Å². The molecule has 0 unspecified atom stereocenters. The lowest BCUT2D eigenvalue weighted by Crippen LogP contribution is -2.12. The van der Waals surface area contributed by atoms with E-state index in [-0.39, 0.29) is 5.91 Å². The fraction of sp³-hybridized carbons (Fsp3) is 0.0833. The first kappa shape index (κ1) is 13.2. The zero-order chi connectivity index (χ0) is 13.9. The summed E-state index contributed by atoms with van der Waals surface area (Å²) in [6.07, 6.45) is 3.79. The Balaban J connectivity index is 2.13. The zero-order valence-corrected chi connectivity index (χ0v) is 10.9. The van der Waals surface area contributed by atoms with E-state index in [0.29, 0.717) is 16.9 Å². The van der Waals surface area contributed by atoms with Crippen molar-refractivity contribution in [1.82, 2.24) is 0 Å². The standard InChI is InChI=1S/C12H12N2O4S/c1-19(16,17)14-11-4-2-3-10(7-11)13-12(15)9-5-6-18-8-9/h2-8,14H,1H3,(H,13,15). The second kappa shape index (κ2) is 5.15. The van der Waals surface area contributed by atoms with Gasteiger partial charge in [0.25, 0.3) is 5.91 Å². The van der Waals surface area contributed by atoms with Gasteiger partial charge in [-0.1, -0.05) is 6.07 Å². The molecule has 100 valence electrons. The van der Waals surface area contributed by atoms with Crippen molar-refractivity contribution in [2.75, 3.05) is 16.3 Å². The van der Waals surface area contributed by atoms with E-state index in [9.17, 15) is 13.2 Å².